The molecule has 0 bridgehead atoms. The molecule has 29 heavy (non-hydrogen) atoms. The van der Waals surface area contributed by atoms with Crippen molar-refractivity contribution in [2.75, 3.05) is 19.4 Å². The van der Waals surface area contributed by atoms with Crippen molar-refractivity contribution in [3.63, 3.8) is 0 Å². The Labute approximate surface area is 173 Å². The Balaban J connectivity index is 1.77. The summed E-state index contributed by atoms with van der Waals surface area (Å²) in [5.41, 5.74) is 0.599. The molecule has 7 heteroatoms. The summed E-state index contributed by atoms with van der Waals surface area (Å²) in [6.45, 7) is 3.25. The third kappa shape index (κ3) is 5.19. The van der Waals surface area contributed by atoms with Crippen molar-refractivity contribution in [1.29, 1.82) is 0 Å². The first-order chi connectivity index (χ1) is 13.6. The smallest absolute Gasteiger partial charge is 0.228 e. The third-order valence-electron chi connectivity index (χ3n) is 4.44. The molecule has 0 aliphatic rings. The standard InChI is InChI=1S/C22H24FN3O2S/c1-22(2,28)14-8-9-16(17(23)12-14)18-10-11-20(29-18)25-19-7-5-6-15(24-19)13-21(27)26(3)4/h5-12,28H,13H2,1-4H3,(H,24,25). The van der Waals surface area contributed by atoms with Gasteiger partial charge in [0.25, 0.3) is 0 Å². The van der Waals surface area contributed by atoms with Crippen LogP contribution in [-0.4, -0.2) is 35.0 Å². The molecule has 2 heterocycles. The third-order valence-corrected chi connectivity index (χ3v) is 5.47. The van der Waals surface area contributed by atoms with Gasteiger partial charge in [0.1, 0.15) is 11.6 Å². The van der Waals surface area contributed by atoms with Gasteiger partial charge in [-0.2, -0.15) is 0 Å². The summed E-state index contributed by atoms with van der Waals surface area (Å²) >= 11 is 1.40. The lowest BCUT2D eigenvalue weighted by atomic mass is 9.97. The summed E-state index contributed by atoms with van der Waals surface area (Å²) in [6, 6.07) is 14.0. The van der Waals surface area contributed by atoms with Gasteiger partial charge in [-0.15, -0.1) is 11.3 Å². The van der Waals surface area contributed by atoms with Crippen LogP contribution in [0.4, 0.5) is 15.2 Å². The zero-order valence-electron chi connectivity index (χ0n) is 16.9. The molecule has 152 valence electrons. The minimum Gasteiger partial charge on any atom is -0.386 e. The van der Waals surface area contributed by atoms with Crippen LogP contribution in [0.25, 0.3) is 10.4 Å². The van der Waals surface area contributed by atoms with Gasteiger partial charge in [0, 0.05) is 24.5 Å². The fourth-order valence-electron chi connectivity index (χ4n) is 2.73. The lowest BCUT2D eigenvalue weighted by Crippen LogP contribution is -2.23. The first-order valence-electron chi connectivity index (χ1n) is 9.19. The topological polar surface area (TPSA) is 65.5 Å². The average Bonchev–Trinajstić information content (AvgIpc) is 3.09. The second-order valence-corrected chi connectivity index (χ2v) is 8.61. The Kier molecular flexibility index (Phi) is 6.00. The van der Waals surface area contributed by atoms with Gasteiger partial charge in [-0.25, -0.2) is 9.37 Å². The van der Waals surface area contributed by atoms with Gasteiger partial charge < -0.3 is 15.3 Å². The number of anilines is 2. The van der Waals surface area contributed by atoms with E-state index in [1.54, 1.807) is 40.1 Å². The van der Waals surface area contributed by atoms with E-state index in [0.717, 1.165) is 9.88 Å². The van der Waals surface area contributed by atoms with Gasteiger partial charge in [-0.05, 0) is 49.7 Å². The van der Waals surface area contributed by atoms with Crippen LogP contribution < -0.4 is 5.32 Å². The molecule has 3 aromatic rings. The molecule has 0 aliphatic heterocycles. The van der Waals surface area contributed by atoms with Gasteiger partial charge in [0.05, 0.1) is 22.7 Å². The number of hydrogen-bond acceptors (Lipinski definition) is 5. The summed E-state index contributed by atoms with van der Waals surface area (Å²) in [4.78, 5) is 18.7. The fourth-order valence-corrected chi connectivity index (χ4v) is 3.67. The van der Waals surface area contributed by atoms with E-state index in [9.17, 15) is 14.3 Å². The lowest BCUT2D eigenvalue weighted by molar-refractivity contribution is -0.128. The number of carbonyl (C=O) groups is 1. The Morgan fingerprint density at radius 2 is 1.97 bits per heavy atom. The van der Waals surface area contributed by atoms with Gasteiger partial charge >= 0.3 is 0 Å². The molecule has 1 amide bonds. The molecule has 5 nitrogen and oxygen atoms in total. The molecule has 0 saturated heterocycles. The fraction of sp³-hybridized carbons (Fsp3) is 0.273. The molecule has 0 radical (unpaired) electrons. The molecule has 0 atom stereocenters. The van der Waals surface area contributed by atoms with Crippen molar-refractivity contribution in [3.05, 3.63) is 65.6 Å². The minimum absolute atomic E-state index is 0.0157. The number of thiophene rings is 1. The summed E-state index contributed by atoms with van der Waals surface area (Å²) in [7, 11) is 3.43. The number of aromatic nitrogens is 1. The Hall–Kier alpha value is -2.77. The van der Waals surface area contributed by atoms with E-state index in [1.807, 2.05) is 30.3 Å². The van der Waals surface area contributed by atoms with E-state index < -0.39 is 5.60 Å². The van der Waals surface area contributed by atoms with E-state index in [4.69, 9.17) is 0 Å². The molecule has 2 aromatic heterocycles. The van der Waals surface area contributed by atoms with Crippen LogP contribution in [0.1, 0.15) is 25.1 Å². The number of nitrogens with one attached hydrogen (secondary N) is 1. The number of halogens is 1. The molecule has 1 aromatic carbocycles. The van der Waals surface area contributed by atoms with Crippen molar-refractivity contribution in [3.8, 4) is 10.4 Å². The number of rotatable bonds is 6. The number of amides is 1. The van der Waals surface area contributed by atoms with Crippen LogP contribution in [0.15, 0.2) is 48.5 Å². The van der Waals surface area contributed by atoms with Crippen LogP contribution in [0, 0.1) is 5.82 Å². The maximum atomic E-state index is 14.6. The van der Waals surface area contributed by atoms with Gasteiger partial charge in [0.2, 0.25) is 5.91 Å². The van der Waals surface area contributed by atoms with Crippen molar-refractivity contribution in [2.24, 2.45) is 0 Å². The van der Waals surface area contributed by atoms with Crippen LogP contribution in [0.3, 0.4) is 0 Å². The molecule has 3 rings (SSSR count). The monoisotopic (exact) mass is 413 g/mol. The Morgan fingerprint density at radius 3 is 2.62 bits per heavy atom. The zero-order chi connectivity index (χ0) is 21.2. The molecular formula is C22H24FN3O2S. The maximum absolute atomic E-state index is 14.6. The molecule has 0 fully saturated rings. The number of carbonyl (C=O) groups excluding carboxylic acids is 1. The Morgan fingerprint density at radius 1 is 1.21 bits per heavy atom. The number of pyridine rings is 1. The largest absolute Gasteiger partial charge is 0.386 e. The van der Waals surface area contributed by atoms with E-state index in [1.165, 1.54) is 22.3 Å². The highest BCUT2D eigenvalue weighted by molar-refractivity contribution is 7.19. The second-order valence-electron chi connectivity index (χ2n) is 7.52. The zero-order valence-corrected chi connectivity index (χ0v) is 17.7. The quantitative estimate of drug-likeness (QED) is 0.622. The molecule has 2 N–H and O–H groups in total. The first kappa shape index (κ1) is 21.0. The lowest BCUT2D eigenvalue weighted by Gasteiger charge is -2.18. The second kappa shape index (κ2) is 8.31. The summed E-state index contributed by atoms with van der Waals surface area (Å²) < 4.78 is 14.6. The van der Waals surface area contributed by atoms with Crippen molar-refractivity contribution >= 4 is 28.1 Å². The molecule has 0 unspecified atom stereocenters. The van der Waals surface area contributed by atoms with E-state index >= 15 is 0 Å². The number of likely N-dealkylation sites (N-methyl/N-ethyl adjacent to an activating group) is 1. The molecular weight excluding hydrogens is 389 g/mol. The van der Waals surface area contributed by atoms with Crippen LogP contribution >= 0.6 is 11.3 Å². The van der Waals surface area contributed by atoms with Crippen molar-refractivity contribution in [2.45, 2.75) is 25.9 Å². The minimum atomic E-state index is -1.09. The average molecular weight is 414 g/mol. The van der Waals surface area contributed by atoms with Crippen molar-refractivity contribution < 1.29 is 14.3 Å². The maximum Gasteiger partial charge on any atom is 0.228 e. The highest BCUT2D eigenvalue weighted by Gasteiger charge is 2.18. The molecule has 0 aliphatic carbocycles. The molecule has 0 spiro atoms. The summed E-state index contributed by atoms with van der Waals surface area (Å²) in [5.74, 6) is 0.235. The summed E-state index contributed by atoms with van der Waals surface area (Å²) in [5, 5.41) is 14.1. The highest BCUT2D eigenvalue weighted by atomic mass is 32.1. The van der Waals surface area contributed by atoms with Crippen LogP contribution in [-0.2, 0) is 16.8 Å². The SMILES string of the molecule is CN(C)C(=O)Cc1cccc(Nc2ccc(-c3ccc(C(C)(C)O)cc3F)s2)n1. The summed E-state index contributed by atoms with van der Waals surface area (Å²) in [6.07, 6.45) is 0.233. The van der Waals surface area contributed by atoms with E-state index in [-0.39, 0.29) is 18.1 Å². The number of benzene rings is 1. The first-order valence-corrected chi connectivity index (χ1v) is 10.0. The van der Waals surface area contributed by atoms with Gasteiger partial charge in [-0.3, -0.25) is 4.79 Å². The van der Waals surface area contributed by atoms with E-state index in [2.05, 4.69) is 10.3 Å². The van der Waals surface area contributed by atoms with Gasteiger partial charge in [-0.1, -0.05) is 18.2 Å². The molecule has 0 saturated carbocycles. The van der Waals surface area contributed by atoms with E-state index in [0.29, 0.717) is 22.6 Å². The highest BCUT2D eigenvalue weighted by Crippen LogP contribution is 2.35. The van der Waals surface area contributed by atoms with Crippen LogP contribution in [0.2, 0.25) is 0 Å². The number of aliphatic hydroxyl groups is 1. The number of nitrogens with zero attached hydrogens (tertiary/aromatic N) is 2. The van der Waals surface area contributed by atoms with Crippen molar-refractivity contribution in [1.82, 2.24) is 9.88 Å². The number of hydrogen-bond donors (Lipinski definition) is 2. The predicted molar refractivity (Wildman–Crippen MR) is 115 cm³/mol. The Bertz CT molecular complexity index is 1020. The van der Waals surface area contributed by atoms with Gasteiger partial charge in [0.15, 0.2) is 0 Å². The van der Waals surface area contributed by atoms with Crippen LogP contribution in [0.5, 0.6) is 0 Å². The predicted octanol–water partition coefficient (Wildman–Crippen LogP) is 4.55. The normalized spacial score (nSPS) is 11.4.